The molecule has 190 valence electrons. The van der Waals surface area contributed by atoms with Gasteiger partial charge in [-0.05, 0) is 76.5 Å². The highest BCUT2D eigenvalue weighted by atomic mass is 16.3. The molecule has 0 aromatic heterocycles. The number of rotatable bonds is 9. The molecule has 1 atom stereocenters. The molecule has 2 aromatic rings. The fraction of sp³-hybridized carbons (Fsp3) is 0.519. The first-order chi connectivity index (χ1) is 15.9. The number of hydrogen-bond acceptors (Lipinski definition) is 6. The first kappa shape index (κ1) is 29.6. The lowest BCUT2D eigenvalue weighted by atomic mass is 10.0. The van der Waals surface area contributed by atoms with Gasteiger partial charge in [-0.25, -0.2) is 0 Å². The quantitative estimate of drug-likeness (QED) is 0.378. The molecule has 0 heterocycles. The molecule has 1 amide bonds. The van der Waals surface area contributed by atoms with E-state index < -0.39 is 6.10 Å². The van der Waals surface area contributed by atoms with Crippen molar-refractivity contribution in [3.8, 4) is 5.75 Å². The minimum atomic E-state index is -0.653. The van der Waals surface area contributed by atoms with Crippen LogP contribution in [0.1, 0.15) is 63.0 Å². The first-order valence-corrected chi connectivity index (χ1v) is 11.9. The Kier molecular flexibility index (Phi) is 12.2. The van der Waals surface area contributed by atoms with Crippen LogP contribution in [0.4, 0.5) is 5.69 Å². The van der Waals surface area contributed by atoms with Gasteiger partial charge in [-0.1, -0.05) is 38.1 Å². The zero-order chi connectivity index (χ0) is 25.9. The highest BCUT2D eigenvalue weighted by Crippen LogP contribution is 2.22. The molecule has 5 N–H and O–H groups in total. The van der Waals surface area contributed by atoms with Crippen molar-refractivity contribution in [2.75, 3.05) is 31.5 Å². The number of amides is 1. The van der Waals surface area contributed by atoms with E-state index in [1.54, 1.807) is 12.1 Å². The third-order valence-corrected chi connectivity index (χ3v) is 5.49. The van der Waals surface area contributed by atoms with E-state index in [0.717, 1.165) is 29.9 Å². The Labute approximate surface area is 204 Å². The van der Waals surface area contributed by atoms with Gasteiger partial charge in [0, 0.05) is 23.3 Å². The number of carbonyl (C=O) groups excluding carboxylic acids is 1. The van der Waals surface area contributed by atoms with Crippen LogP contribution >= 0.6 is 0 Å². The number of para-hydroxylation sites is 1. The molecule has 0 bridgehead atoms. The second-order valence-corrected chi connectivity index (χ2v) is 9.47. The lowest BCUT2D eigenvalue weighted by Gasteiger charge is -2.23. The van der Waals surface area contributed by atoms with Crippen molar-refractivity contribution in [3.63, 3.8) is 0 Å². The van der Waals surface area contributed by atoms with Crippen molar-refractivity contribution in [2.45, 2.75) is 66.7 Å². The number of anilines is 1. The summed E-state index contributed by atoms with van der Waals surface area (Å²) in [4.78, 5) is 14.0. The molecule has 0 aliphatic rings. The topological polar surface area (TPSA) is 105 Å². The van der Waals surface area contributed by atoms with Gasteiger partial charge in [-0.2, -0.15) is 0 Å². The standard InChI is InChI=1S/C14H22N2O.C13H21NO3/c1-5-16(6-2)10-13(17)15-14-11(3)8-7-9-12(14)4;1-13(2,3)14-7-12(17)9-4-5-11(16)10(6-9)8-15/h7-9H,5-6,10H2,1-4H3,(H,15,17);4-6,12,14-17H,7-8H2,1-3H3. The van der Waals surface area contributed by atoms with E-state index in [1.807, 2.05) is 52.8 Å². The van der Waals surface area contributed by atoms with Crippen LogP contribution in [0.3, 0.4) is 0 Å². The number of nitrogens with zero attached hydrogens (tertiary/aromatic N) is 1. The van der Waals surface area contributed by atoms with Crippen molar-refractivity contribution in [1.82, 2.24) is 10.2 Å². The predicted octanol–water partition coefficient (Wildman–Crippen LogP) is 3.89. The molecule has 0 spiro atoms. The molecule has 0 aliphatic heterocycles. The molecule has 34 heavy (non-hydrogen) atoms. The van der Waals surface area contributed by atoms with Crippen LogP contribution in [0.25, 0.3) is 0 Å². The van der Waals surface area contributed by atoms with Crippen LogP contribution < -0.4 is 10.6 Å². The maximum absolute atomic E-state index is 11.9. The largest absolute Gasteiger partial charge is 0.508 e. The predicted molar refractivity (Wildman–Crippen MR) is 139 cm³/mol. The van der Waals surface area contributed by atoms with Gasteiger partial charge in [-0.15, -0.1) is 0 Å². The van der Waals surface area contributed by atoms with Gasteiger partial charge in [0.05, 0.1) is 19.3 Å². The molecule has 2 aromatic carbocycles. The monoisotopic (exact) mass is 473 g/mol. The first-order valence-electron chi connectivity index (χ1n) is 11.9. The van der Waals surface area contributed by atoms with Crippen molar-refractivity contribution in [1.29, 1.82) is 0 Å². The molecule has 1 unspecified atom stereocenters. The molecule has 7 nitrogen and oxygen atoms in total. The van der Waals surface area contributed by atoms with Crippen molar-refractivity contribution < 1.29 is 20.1 Å². The molecule has 0 aliphatic carbocycles. The number of aromatic hydroxyl groups is 1. The van der Waals surface area contributed by atoms with Gasteiger partial charge in [0.1, 0.15) is 5.75 Å². The summed E-state index contributed by atoms with van der Waals surface area (Å²) in [6.45, 7) is 16.7. The lowest BCUT2D eigenvalue weighted by Crippen LogP contribution is -2.38. The van der Waals surface area contributed by atoms with Gasteiger partial charge in [-0.3, -0.25) is 9.69 Å². The fourth-order valence-corrected chi connectivity index (χ4v) is 3.30. The van der Waals surface area contributed by atoms with Gasteiger partial charge >= 0.3 is 0 Å². The summed E-state index contributed by atoms with van der Waals surface area (Å²) in [6.07, 6.45) is -0.653. The fourth-order valence-electron chi connectivity index (χ4n) is 3.30. The molecule has 0 saturated carbocycles. The van der Waals surface area contributed by atoms with Crippen LogP contribution in [-0.2, 0) is 11.4 Å². The molecule has 0 saturated heterocycles. The summed E-state index contributed by atoms with van der Waals surface area (Å²) in [5.41, 5.74) is 4.22. The number of hydrogen-bond donors (Lipinski definition) is 5. The van der Waals surface area contributed by atoms with Crippen LogP contribution in [0.5, 0.6) is 5.75 Å². The molecule has 7 heteroatoms. The number of β-amino-alcohol motifs (C(OH)–C–C–N with tert-alkyl or cyclic N) is 1. The zero-order valence-corrected chi connectivity index (χ0v) is 21.8. The van der Waals surface area contributed by atoms with E-state index in [2.05, 4.69) is 29.4 Å². The minimum absolute atomic E-state index is 0.0484. The van der Waals surface area contributed by atoms with E-state index >= 15 is 0 Å². The Morgan fingerprint density at radius 2 is 1.65 bits per heavy atom. The number of aryl methyl sites for hydroxylation is 2. The normalized spacial score (nSPS) is 12.2. The number of phenols is 1. The van der Waals surface area contributed by atoms with Crippen molar-refractivity contribution >= 4 is 11.6 Å². The lowest BCUT2D eigenvalue weighted by molar-refractivity contribution is -0.117. The third kappa shape index (κ3) is 10.2. The van der Waals surface area contributed by atoms with E-state index in [4.69, 9.17) is 5.11 Å². The highest BCUT2D eigenvalue weighted by molar-refractivity contribution is 5.93. The van der Waals surface area contributed by atoms with Crippen LogP contribution in [0.15, 0.2) is 36.4 Å². The smallest absolute Gasteiger partial charge is 0.238 e. The van der Waals surface area contributed by atoms with Crippen molar-refractivity contribution in [2.24, 2.45) is 0 Å². The van der Waals surface area contributed by atoms with E-state index in [9.17, 15) is 15.0 Å². The molecular formula is C27H43N3O4. The number of likely N-dealkylation sites (N-methyl/N-ethyl adjacent to an activating group) is 1. The molecule has 2 rings (SSSR count). The van der Waals surface area contributed by atoms with Gasteiger partial charge in [0.25, 0.3) is 0 Å². The maximum atomic E-state index is 11.9. The number of aliphatic hydroxyl groups excluding tert-OH is 2. The summed E-state index contributed by atoms with van der Waals surface area (Å²) in [7, 11) is 0. The molecule has 0 fully saturated rings. The molecular weight excluding hydrogens is 430 g/mol. The number of carbonyl (C=O) groups is 1. The van der Waals surface area contributed by atoms with E-state index in [0.29, 0.717) is 24.2 Å². The summed E-state index contributed by atoms with van der Waals surface area (Å²) in [6, 6.07) is 10.8. The zero-order valence-electron chi connectivity index (χ0n) is 21.8. The Morgan fingerprint density at radius 1 is 1.06 bits per heavy atom. The third-order valence-electron chi connectivity index (χ3n) is 5.49. The summed E-state index contributed by atoms with van der Waals surface area (Å²) < 4.78 is 0. The number of nitrogens with one attached hydrogen (secondary N) is 2. The summed E-state index contributed by atoms with van der Waals surface area (Å²) in [5.74, 6) is 0.110. The van der Waals surface area contributed by atoms with Gasteiger partial charge in [0.15, 0.2) is 0 Å². The van der Waals surface area contributed by atoms with Gasteiger partial charge < -0.3 is 26.0 Å². The summed E-state index contributed by atoms with van der Waals surface area (Å²) in [5, 5.41) is 34.6. The van der Waals surface area contributed by atoms with Crippen LogP contribution in [0, 0.1) is 13.8 Å². The number of benzene rings is 2. The Hall–Kier alpha value is -2.45. The highest BCUT2D eigenvalue weighted by Gasteiger charge is 2.14. The van der Waals surface area contributed by atoms with Crippen LogP contribution in [0.2, 0.25) is 0 Å². The van der Waals surface area contributed by atoms with Crippen LogP contribution in [-0.4, -0.2) is 57.8 Å². The Bertz CT molecular complexity index is 885. The second-order valence-electron chi connectivity index (χ2n) is 9.47. The average Bonchev–Trinajstić information content (AvgIpc) is 2.78. The Balaban J connectivity index is 0.000000340. The SMILES string of the molecule is CC(C)(C)NCC(O)c1ccc(O)c(CO)c1.CCN(CC)CC(=O)Nc1c(C)cccc1C. The maximum Gasteiger partial charge on any atom is 0.238 e. The van der Waals surface area contributed by atoms with E-state index in [-0.39, 0.29) is 23.8 Å². The Morgan fingerprint density at radius 3 is 2.15 bits per heavy atom. The van der Waals surface area contributed by atoms with Gasteiger partial charge in [0.2, 0.25) is 5.91 Å². The van der Waals surface area contributed by atoms with E-state index in [1.165, 1.54) is 6.07 Å². The number of aliphatic hydroxyl groups is 2. The average molecular weight is 474 g/mol. The summed E-state index contributed by atoms with van der Waals surface area (Å²) >= 11 is 0. The second kappa shape index (κ2) is 14.1. The molecule has 0 radical (unpaired) electrons. The van der Waals surface area contributed by atoms with Crippen molar-refractivity contribution in [3.05, 3.63) is 58.7 Å². The minimum Gasteiger partial charge on any atom is -0.508 e.